The van der Waals surface area contributed by atoms with E-state index in [1.54, 1.807) is 7.11 Å². The molecule has 0 saturated carbocycles. The van der Waals surface area contributed by atoms with Gasteiger partial charge in [0.15, 0.2) is 0 Å². The average Bonchev–Trinajstić information content (AvgIpc) is 3.32. The van der Waals surface area contributed by atoms with Crippen molar-refractivity contribution in [1.29, 1.82) is 0 Å². The number of anilines is 1. The third-order valence-corrected chi connectivity index (χ3v) is 7.03. The Labute approximate surface area is 211 Å². The van der Waals surface area contributed by atoms with E-state index in [1.165, 1.54) is 0 Å². The lowest BCUT2D eigenvalue weighted by Crippen LogP contribution is -2.55. The fourth-order valence-electron chi connectivity index (χ4n) is 5.45. The summed E-state index contributed by atoms with van der Waals surface area (Å²) in [7, 11) is 1.64. The fourth-order valence-corrected chi connectivity index (χ4v) is 5.45. The highest BCUT2D eigenvalue weighted by Crippen LogP contribution is 2.41. The predicted octanol–water partition coefficient (Wildman–Crippen LogP) is 4.62. The maximum atomic E-state index is 13.5. The number of fused-ring (bicyclic) bond motifs is 1. The van der Waals surface area contributed by atoms with E-state index in [-0.39, 0.29) is 23.9 Å². The number of nitrogens with one attached hydrogen (secondary N) is 3. The van der Waals surface area contributed by atoms with Crippen LogP contribution in [0.5, 0.6) is 5.75 Å². The molecular formula is C29H32N4O3. The third-order valence-electron chi connectivity index (χ3n) is 7.03. The third kappa shape index (κ3) is 4.20. The number of aromatic amines is 1. The Morgan fingerprint density at radius 2 is 1.81 bits per heavy atom. The van der Waals surface area contributed by atoms with Gasteiger partial charge in [-0.25, -0.2) is 0 Å². The Morgan fingerprint density at radius 1 is 1.08 bits per heavy atom. The number of hydrogen-bond donors (Lipinski definition) is 3. The first kappa shape index (κ1) is 23.9. The maximum Gasteiger partial charge on any atom is 0.256 e. The summed E-state index contributed by atoms with van der Waals surface area (Å²) in [5, 5.41) is 6.47. The van der Waals surface area contributed by atoms with E-state index in [1.807, 2.05) is 67.3 Å². The minimum Gasteiger partial charge on any atom is -0.497 e. The zero-order valence-corrected chi connectivity index (χ0v) is 21.4. The molecule has 1 aromatic heterocycles. The average molecular weight is 485 g/mol. The fraction of sp³-hybridized carbons (Fsp3) is 0.310. The van der Waals surface area contributed by atoms with Crippen LogP contribution in [0.3, 0.4) is 0 Å². The molecule has 2 aliphatic heterocycles. The van der Waals surface area contributed by atoms with E-state index in [4.69, 9.17) is 4.74 Å². The van der Waals surface area contributed by atoms with Crippen LogP contribution in [0.1, 0.15) is 46.7 Å². The Hall–Kier alpha value is -3.84. The van der Waals surface area contributed by atoms with Crippen LogP contribution in [0.15, 0.2) is 42.5 Å². The summed E-state index contributed by atoms with van der Waals surface area (Å²) in [6, 6.07) is 14.2. The van der Waals surface area contributed by atoms with Gasteiger partial charge in [0.05, 0.1) is 18.2 Å². The molecule has 0 spiro atoms. The molecule has 1 fully saturated rings. The second kappa shape index (κ2) is 9.32. The van der Waals surface area contributed by atoms with Gasteiger partial charge in [-0.1, -0.05) is 24.3 Å². The summed E-state index contributed by atoms with van der Waals surface area (Å²) in [5.41, 5.74) is 7.20. The highest BCUT2D eigenvalue weighted by molar-refractivity contribution is 6.36. The normalized spacial score (nSPS) is 20.4. The van der Waals surface area contributed by atoms with E-state index >= 15 is 0 Å². The van der Waals surface area contributed by atoms with Crippen LogP contribution in [0, 0.1) is 13.8 Å². The van der Waals surface area contributed by atoms with Crippen molar-refractivity contribution in [3.8, 4) is 16.9 Å². The monoisotopic (exact) mass is 484 g/mol. The molecule has 2 aliphatic rings. The van der Waals surface area contributed by atoms with Crippen molar-refractivity contribution < 1.29 is 14.3 Å². The number of hydrogen-bond acceptors (Lipinski definition) is 4. The first-order valence-electron chi connectivity index (χ1n) is 12.3. The van der Waals surface area contributed by atoms with E-state index in [0.29, 0.717) is 24.2 Å². The number of carbonyl (C=O) groups excluding carboxylic acids is 2. The second-order valence-electron chi connectivity index (χ2n) is 9.81. The van der Waals surface area contributed by atoms with Gasteiger partial charge in [0.1, 0.15) is 5.75 Å². The maximum absolute atomic E-state index is 13.5. The number of benzene rings is 2. The molecule has 7 heteroatoms. The molecule has 2 atom stereocenters. The van der Waals surface area contributed by atoms with Gasteiger partial charge in [0.2, 0.25) is 0 Å². The first-order valence-corrected chi connectivity index (χ1v) is 12.3. The Bertz CT molecular complexity index is 1380. The van der Waals surface area contributed by atoms with Gasteiger partial charge in [-0.3, -0.25) is 9.59 Å². The van der Waals surface area contributed by atoms with Crippen molar-refractivity contribution >= 4 is 29.2 Å². The molecule has 3 heterocycles. The van der Waals surface area contributed by atoms with Gasteiger partial charge in [-0.2, -0.15) is 0 Å². The Morgan fingerprint density at radius 3 is 2.53 bits per heavy atom. The largest absolute Gasteiger partial charge is 0.497 e. The Balaban J connectivity index is 1.56. The predicted molar refractivity (Wildman–Crippen MR) is 143 cm³/mol. The van der Waals surface area contributed by atoms with Gasteiger partial charge >= 0.3 is 0 Å². The topological polar surface area (TPSA) is 86.5 Å². The lowest BCUT2D eigenvalue weighted by Gasteiger charge is -2.36. The van der Waals surface area contributed by atoms with E-state index in [9.17, 15) is 9.59 Å². The van der Waals surface area contributed by atoms with Crippen LogP contribution in [0.25, 0.3) is 22.8 Å². The van der Waals surface area contributed by atoms with Crippen molar-refractivity contribution in [2.24, 2.45) is 0 Å². The zero-order chi connectivity index (χ0) is 25.6. The number of aromatic nitrogens is 1. The van der Waals surface area contributed by atoms with Crippen molar-refractivity contribution in [2.45, 2.75) is 39.8 Å². The minimum atomic E-state index is -0.162. The molecule has 0 radical (unpaired) electrons. The number of nitrogens with zero attached hydrogens (tertiary/aromatic N) is 1. The van der Waals surface area contributed by atoms with Gasteiger partial charge in [-0.15, -0.1) is 0 Å². The van der Waals surface area contributed by atoms with Crippen LogP contribution in [-0.2, 0) is 4.79 Å². The van der Waals surface area contributed by atoms with E-state index < -0.39 is 0 Å². The smallest absolute Gasteiger partial charge is 0.256 e. The number of piperazine rings is 1. The molecule has 7 nitrogen and oxygen atoms in total. The van der Waals surface area contributed by atoms with Gasteiger partial charge in [0, 0.05) is 47.8 Å². The number of H-pyrrole nitrogens is 1. The molecule has 0 unspecified atom stereocenters. The summed E-state index contributed by atoms with van der Waals surface area (Å²) >= 11 is 0. The number of methoxy groups -OCH3 is 1. The van der Waals surface area contributed by atoms with Crippen molar-refractivity contribution in [3.05, 3.63) is 70.5 Å². The molecule has 186 valence electrons. The quantitative estimate of drug-likeness (QED) is 0.472. The molecule has 0 bridgehead atoms. The summed E-state index contributed by atoms with van der Waals surface area (Å²) in [6.07, 6.45) is 1.87. The SMILES string of the molecule is COc1cccc(-c2cccc3c2C(=Cc2[nH]c(C)c(C(=O)N4C[C@@H](C)N[C@@H](C)C4)c2C)C(=O)N3)c1. The summed E-state index contributed by atoms with van der Waals surface area (Å²) in [6.45, 7) is 9.39. The number of rotatable bonds is 4. The minimum absolute atomic E-state index is 0.0273. The molecule has 2 amide bonds. The van der Waals surface area contributed by atoms with Crippen LogP contribution < -0.4 is 15.4 Å². The molecule has 5 rings (SSSR count). The molecular weight excluding hydrogens is 452 g/mol. The van der Waals surface area contributed by atoms with E-state index in [2.05, 4.69) is 29.5 Å². The second-order valence-corrected chi connectivity index (χ2v) is 9.81. The summed E-state index contributed by atoms with van der Waals surface area (Å²) < 4.78 is 5.41. The van der Waals surface area contributed by atoms with Crippen LogP contribution in [-0.4, -0.2) is 54.0 Å². The lowest BCUT2D eigenvalue weighted by atomic mass is 9.94. The molecule has 2 aromatic carbocycles. The van der Waals surface area contributed by atoms with Crippen molar-refractivity contribution in [2.75, 3.05) is 25.5 Å². The van der Waals surface area contributed by atoms with Gasteiger partial charge in [0.25, 0.3) is 11.8 Å². The van der Waals surface area contributed by atoms with Crippen molar-refractivity contribution in [3.63, 3.8) is 0 Å². The first-order chi connectivity index (χ1) is 17.3. The molecule has 36 heavy (non-hydrogen) atoms. The number of amides is 2. The lowest BCUT2D eigenvalue weighted by molar-refractivity contribution is -0.110. The summed E-state index contributed by atoms with van der Waals surface area (Å²) in [4.78, 5) is 31.9. The standard InChI is InChI=1S/C29H32N4O3/c1-16-14-33(15-17(2)30-16)29(35)26-18(3)25(31-19(26)4)13-23-27-22(10-7-11-24(27)32-28(23)34)20-8-6-9-21(12-20)36-5/h6-13,16-17,30-31H,14-15H2,1-5H3,(H,32,34)/t16-,17+. The van der Waals surface area contributed by atoms with Crippen LogP contribution >= 0.6 is 0 Å². The number of carbonyl (C=O) groups is 2. The van der Waals surface area contributed by atoms with E-state index in [0.717, 1.165) is 45.1 Å². The van der Waals surface area contributed by atoms with Crippen LogP contribution in [0.2, 0.25) is 0 Å². The molecule has 0 aliphatic carbocycles. The number of ether oxygens (including phenoxy) is 1. The van der Waals surface area contributed by atoms with Crippen LogP contribution in [0.4, 0.5) is 5.69 Å². The van der Waals surface area contributed by atoms with Gasteiger partial charge < -0.3 is 25.3 Å². The molecule has 1 saturated heterocycles. The highest BCUT2D eigenvalue weighted by Gasteiger charge is 2.31. The molecule has 3 N–H and O–H groups in total. The van der Waals surface area contributed by atoms with Crippen molar-refractivity contribution in [1.82, 2.24) is 15.2 Å². The highest BCUT2D eigenvalue weighted by atomic mass is 16.5. The Kier molecular flexibility index (Phi) is 6.18. The molecule has 3 aromatic rings. The summed E-state index contributed by atoms with van der Waals surface area (Å²) in [5.74, 6) is 0.618. The van der Waals surface area contributed by atoms with Gasteiger partial charge in [-0.05, 0) is 68.7 Å². The zero-order valence-electron chi connectivity index (χ0n) is 21.4. The number of aryl methyl sites for hydroxylation is 1.